The summed E-state index contributed by atoms with van der Waals surface area (Å²) in [6.45, 7) is 9.19. The molecule has 1 aromatic heterocycles. The number of aromatic nitrogens is 1. The molecule has 1 unspecified atom stereocenters. The van der Waals surface area contributed by atoms with Crippen LogP contribution in [0.2, 0.25) is 0 Å². The monoisotopic (exact) mass is 402 g/mol. The second kappa shape index (κ2) is 10.1. The number of piperidine rings is 2. The normalized spacial score (nSPS) is 24.8. The van der Waals surface area contributed by atoms with Crippen LogP contribution in [0.1, 0.15) is 74.0 Å². The van der Waals surface area contributed by atoms with Gasteiger partial charge in [-0.1, -0.05) is 19.3 Å². The van der Waals surface area contributed by atoms with Crippen LogP contribution in [-0.2, 0) is 0 Å². The van der Waals surface area contributed by atoms with Crippen molar-refractivity contribution in [2.75, 3.05) is 45.8 Å². The molecule has 6 nitrogen and oxygen atoms in total. The highest BCUT2D eigenvalue weighted by atomic mass is 16.3. The Hall–Kier alpha value is -1.40. The number of hydrogen-bond donors (Lipinski definition) is 0. The van der Waals surface area contributed by atoms with Gasteiger partial charge in [-0.2, -0.15) is 0 Å². The van der Waals surface area contributed by atoms with E-state index in [1.54, 1.807) is 0 Å². The zero-order valence-electron chi connectivity index (χ0n) is 18.2. The molecular weight excluding hydrogens is 364 g/mol. The first-order chi connectivity index (χ1) is 14.2. The van der Waals surface area contributed by atoms with Crippen LogP contribution in [0, 0.1) is 12.8 Å². The number of carbonyl (C=O) groups is 1. The largest absolute Gasteiger partial charge is 0.448 e. The third-order valence-electron chi connectivity index (χ3n) is 7.24. The van der Waals surface area contributed by atoms with Gasteiger partial charge in [0, 0.05) is 32.2 Å². The average molecular weight is 403 g/mol. The van der Waals surface area contributed by atoms with E-state index in [2.05, 4.69) is 19.7 Å². The minimum absolute atomic E-state index is 0.0475. The Morgan fingerprint density at radius 2 is 1.90 bits per heavy atom. The standard InChI is InChI=1S/C23H38N4O2/c1-19-22(24-18-29-19)23(28)27(15-14-25-11-5-2-6-12-25)17-20-8-7-13-26(16-20)21-9-3-4-10-21/h18,20-21H,2-17H2,1H3. The van der Waals surface area contributed by atoms with Gasteiger partial charge in [0.25, 0.3) is 5.91 Å². The minimum Gasteiger partial charge on any atom is -0.448 e. The topological polar surface area (TPSA) is 52.8 Å². The predicted octanol–water partition coefficient (Wildman–Crippen LogP) is 3.57. The summed E-state index contributed by atoms with van der Waals surface area (Å²) in [4.78, 5) is 24.8. The van der Waals surface area contributed by atoms with Crippen molar-refractivity contribution in [2.45, 2.75) is 70.8 Å². The molecule has 1 saturated carbocycles. The van der Waals surface area contributed by atoms with Gasteiger partial charge in [-0.3, -0.25) is 4.79 Å². The van der Waals surface area contributed by atoms with Crippen molar-refractivity contribution in [1.29, 1.82) is 0 Å². The third kappa shape index (κ3) is 5.40. The fourth-order valence-corrected chi connectivity index (χ4v) is 5.54. The van der Waals surface area contributed by atoms with Crippen LogP contribution in [0.15, 0.2) is 10.8 Å². The number of likely N-dealkylation sites (tertiary alicyclic amines) is 2. The molecule has 1 aromatic rings. The predicted molar refractivity (Wildman–Crippen MR) is 114 cm³/mol. The average Bonchev–Trinajstić information content (AvgIpc) is 3.43. The van der Waals surface area contributed by atoms with Crippen LogP contribution in [-0.4, -0.2) is 77.4 Å². The zero-order valence-corrected chi connectivity index (χ0v) is 18.2. The molecule has 4 rings (SSSR count). The fourth-order valence-electron chi connectivity index (χ4n) is 5.54. The molecule has 0 spiro atoms. The number of hydrogen-bond acceptors (Lipinski definition) is 5. The molecule has 1 atom stereocenters. The Bertz CT molecular complexity index is 649. The number of carbonyl (C=O) groups excluding carboxylic acids is 1. The van der Waals surface area contributed by atoms with E-state index in [4.69, 9.17) is 4.42 Å². The molecule has 2 aliphatic heterocycles. The van der Waals surface area contributed by atoms with Crippen LogP contribution in [0.4, 0.5) is 0 Å². The Morgan fingerprint density at radius 1 is 1.10 bits per heavy atom. The van der Waals surface area contributed by atoms with E-state index >= 15 is 0 Å². The maximum Gasteiger partial charge on any atom is 0.276 e. The molecule has 162 valence electrons. The second-order valence-corrected chi connectivity index (χ2v) is 9.35. The number of aryl methyl sites for hydroxylation is 1. The highest BCUT2D eigenvalue weighted by molar-refractivity contribution is 5.93. The van der Waals surface area contributed by atoms with Crippen molar-refractivity contribution >= 4 is 5.91 Å². The number of rotatable bonds is 7. The van der Waals surface area contributed by atoms with Gasteiger partial charge in [-0.25, -0.2) is 4.98 Å². The summed E-state index contributed by atoms with van der Waals surface area (Å²) < 4.78 is 5.33. The van der Waals surface area contributed by atoms with Crippen molar-refractivity contribution in [3.05, 3.63) is 17.8 Å². The first-order valence-corrected chi connectivity index (χ1v) is 11.9. The summed E-state index contributed by atoms with van der Waals surface area (Å²) in [5.41, 5.74) is 0.493. The highest BCUT2D eigenvalue weighted by Gasteiger charge is 2.31. The maximum absolute atomic E-state index is 13.3. The van der Waals surface area contributed by atoms with Gasteiger partial charge in [-0.05, 0) is 71.0 Å². The van der Waals surface area contributed by atoms with E-state index in [1.165, 1.54) is 83.8 Å². The SMILES string of the molecule is Cc1ocnc1C(=O)N(CCN1CCCCC1)CC1CCCN(C2CCCC2)C1. The van der Waals surface area contributed by atoms with Crippen molar-refractivity contribution in [2.24, 2.45) is 5.92 Å². The van der Waals surface area contributed by atoms with Crippen molar-refractivity contribution in [3.8, 4) is 0 Å². The van der Waals surface area contributed by atoms with Crippen molar-refractivity contribution in [3.63, 3.8) is 0 Å². The van der Waals surface area contributed by atoms with Gasteiger partial charge >= 0.3 is 0 Å². The first kappa shape index (κ1) is 20.9. The Kier molecular flexibility index (Phi) is 7.24. The molecule has 0 N–H and O–H groups in total. The number of nitrogens with zero attached hydrogens (tertiary/aromatic N) is 4. The van der Waals surface area contributed by atoms with E-state index in [-0.39, 0.29) is 5.91 Å². The molecule has 6 heteroatoms. The Morgan fingerprint density at radius 3 is 2.62 bits per heavy atom. The van der Waals surface area contributed by atoms with Gasteiger partial charge in [0.2, 0.25) is 0 Å². The summed E-state index contributed by atoms with van der Waals surface area (Å²) in [6, 6.07) is 0.785. The molecular formula is C23H38N4O2. The zero-order chi connectivity index (χ0) is 20.1. The molecule has 1 aliphatic carbocycles. The van der Waals surface area contributed by atoms with Gasteiger partial charge in [0.05, 0.1) is 0 Å². The van der Waals surface area contributed by atoms with Crippen LogP contribution < -0.4 is 0 Å². The molecule has 29 heavy (non-hydrogen) atoms. The molecule has 3 fully saturated rings. The quantitative estimate of drug-likeness (QED) is 0.698. The lowest BCUT2D eigenvalue weighted by atomic mass is 9.95. The van der Waals surface area contributed by atoms with Crippen LogP contribution in [0.3, 0.4) is 0 Å². The van der Waals surface area contributed by atoms with E-state index in [0.29, 0.717) is 17.4 Å². The third-order valence-corrected chi connectivity index (χ3v) is 7.24. The maximum atomic E-state index is 13.3. The Balaban J connectivity index is 1.39. The lowest BCUT2D eigenvalue weighted by Gasteiger charge is -2.39. The number of amides is 1. The summed E-state index contributed by atoms with van der Waals surface area (Å²) in [6.07, 6.45) is 13.3. The van der Waals surface area contributed by atoms with Crippen molar-refractivity contribution in [1.82, 2.24) is 19.7 Å². The molecule has 0 radical (unpaired) electrons. The van der Waals surface area contributed by atoms with Gasteiger partial charge in [0.1, 0.15) is 5.76 Å². The van der Waals surface area contributed by atoms with Gasteiger partial charge in [0.15, 0.2) is 12.1 Å². The summed E-state index contributed by atoms with van der Waals surface area (Å²) in [5, 5.41) is 0. The van der Waals surface area contributed by atoms with Gasteiger partial charge < -0.3 is 19.1 Å². The second-order valence-electron chi connectivity index (χ2n) is 9.35. The highest BCUT2D eigenvalue weighted by Crippen LogP contribution is 2.28. The van der Waals surface area contributed by atoms with E-state index in [0.717, 1.165) is 32.2 Å². The van der Waals surface area contributed by atoms with Crippen LogP contribution >= 0.6 is 0 Å². The summed E-state index contributed by atoms with van der Waals surface area (Å²) >= 11 is 0. The lowest BCUT2D eigenvalue weighted by molar-refractivity contribution is 0.0604. The molecule has 3 aliphatic rings. The van der Waals surface area contributed by atoms with Crippen LogP contribution in [0.5, 0.6) is 0 Å². The number of oxazole rings is 1. The summed E-state index contributed by atoms with van der Waals surface area (Å²) in [5.74, 6) is 1.25. The van der Waals surface area contributed by atoms with Crippen molar-refractivity contribution < 1.29 is 9.21 Å². The van der Waals surface area contributed by atoms with Crippen LogP contribution in [0.25, 0.3) is 0 Å². The summed E-state index contributed by atoms with van der Waals surface area (Å²) in [7, 11) is 0. The molecule has 3 heterocycles. The minimum atomic E-state index is 0.0475. The molecule has 1 amide bonds. The fraction of sp³-hybridized carbons (Fsp3) is 0.826. The molecule has 2 saturated heterocycles. The Labute approximate surface area is 175 Å². The molecule has 0 aromatic carbocycles. The van der Waals surface area contributed by atoms with E-state index < -0.39 is 0 Å². The molecule has 0 bridgehead atoms. The van der Waals surface area contributed by atoms with E-state index in [1.807, 2.05) is 6.92 Å². The smallest absolute Gasteiger partial charge is 0.276 e. The van der Waals surface area contributed by atoms with Gasteiger partial charge in [-0.15, -0.1) is 0 Å². The first-order valence-electron chi connectivity index (χ1n) is 11.9. The van der Waals surface area contributed by atoms with E-state index in [9.17, 15) is 4.79 Å². The lowest BCUT2D eigenvalue weighted by Crippen LogP contribution is -2.47.